The minimum Gasteiger partial charge on any atom is -0.320 e. The van der Waals surface area contributed by atoms with Crippen molar-refractivity contribution in [3.63, 3.8) is 0 Å². The van der Waals surface area contributed by atoms with Gasteiger partial charge in [-0.2, -0.15) is 0 Å². The molecule has 2 N–H and O–H groups in total. The Kier molecular flexibility index (Phi) is 2.65. The average Bonchev–Trinajstić information content (AvgIpc) is 2.04. The van der Waals surface area contributed by atoms with Gasteiger partial charge in [0, 0.05) is 17.5 Å². The van der Waals surface area contributed by atoms with Crippen molar-refractivity contribution in [3.05, 3.63) is 29.6 Å². The molecule has 0 atom stereocenters. The van der Waals surface area contributed by atoms with Crippen LogP contribution < -0.4 is 5.73 Å². The summed E-state index contributed by atoms with van der Waals surface area (Å²) >= 11 is 0. The molecular weight excluding hydrogens is 136 g/mol. The molecule has 0 unspecified atom stereocenters. The van der Waals surface area contributed by atoms with Crippen LogP contribution in [0.25, 0.3) is 0 Å². The van der Waals surface area contributed by atoms with Gasteiger partial charge in [0.15, 0.2) is 0 Å². The van der Waals surface area contributed by atoms with E-state index in [1.165, 1.54) is 0 Å². The van der Waals surface area contributed by atoms with Crippen LogP contribution in [0, 0.1) is 18.8 Å². The number of hydrogen-bond acceptors (Lipinski definition) is 2. The number of nitrogens with two attached hydrogens (primary N) is 1. The van der Waals surface area contributed by atoms with Gasteiger partial charge in [0.2, 0.25) is 0 Å². The first-order chi connectivity index (χ1) is 5.33. The normalized spacial score (nSPS) is 8.55. The summed E-state index contributed by atoms with van der Waals surface area (Å²) in [5, 5.41) is 0. The highest BCUT2D eigenvalue weighted by Crippen LogP contribution is 1.95. The standard InChI is InChI=1S/C9H10N2/c1-8-4-5-9(7-11-8)3-2-6-10/h4-5,7H,6,10H2,1H3. The quantitative estimate of drug-likeness (QED) is 0.547. The summed E-state index contributed by atoms with van der Waals surface area (Å²) in [5.74, 6) is 5.66. The Balaban J connectivity index is 2.82. The smallest absolute Gasteiger partial charge is 0.0555 e. The minimum atomic E-state index is 0.397. The molecule has 0 aliphatic rings. The lowest BCUT2D eigenvalue weighted by Gasteiger charge is -1.89. The van der Waals surface area contributed by atoms with Crippen LogP contribution in [0.2, 0.25) is 0 Å². The molecule has 1 aromatic heterocycles. The largest absolute Gasteiger partial charge is 0.320 e. The lowest BCUT2D eigenvalue weighted by atomic mass is 10.2. The van der Waals surface area contributed by atoms with Crippen LogP contribution in [0.3, 0.4) is 0 Å². The van der Waals surface area contributed by atoms with E-state index >= 15 is 0 Å². The molecule has 0 aromatic carbocycles. The van der Waals surface area contributed by atoms with Crippen molar-refractivity contribution in [1.82, 2.24) is 4.98 Å². The van der Waals surface area contributed by atoms with E-state index in [0.717, 1.165) is 11.3 Å². The highest BCUT2D eigenvalue weighted by atomic mass is 14.6. The number of rotatable bonds is 0. The third-order valence-electron chi connectivity index (χ3n) is 1.25. The van der Waals surface area contributed by atoms with Gasteiger partial charge >= 0.3 is 0 Å². The maximum Gasteiger partial charge on any atom is 0.0555 e. The van der Waals surface area contributed by atoms with E-state index in [9.17, 15) is 0 Å². The topological polar surface area (TPSA) is 38.9 Å². The van der Waals surface area contributed by atoms with Crippen molar-refractivity contribution in [2.45, 2.75) is 6.92 Å². The Hall–Kier alpha value is -1.33. The lowest BCUT2D eigenvalue weighted by Crippen LogP contribution is -1.93. The Bertz CT molecular complexity index is 277. The molecule has 0 spiro atoms. The fourth-order valence-electron chi connectivity index (χ4n) is 0.695. The van der Waals surface area contributed by atoms with Crippen molar-refractivity contribution in [3.8, 4) is 11.8 Å². The van der Waals surface area contributed by atoms with Crippen LogP contribution in [0.1, 0.15) is 11.3 Å². The number of hydrogen-bond donors (Lipinski definition) is 1. The summed E-state index contributed by atoms with van der Waals surface area (Å²) in [6.45, 7) is 2.34. The SMILES string of the molecule is Cc1ccc(C#CCN)cn1. The molecule has 1 heterocycles. The van der Waals surface area contributed by atoms with Crippen LogP contribution in [0.15, 0.2) is 18.3 Å². The van der Waals surface area contributed by atoms with Crippen LogP contribution in [-0.2, 0) is 0 Å². The second-order valence-electron chi connectivity index (χ2n) is 2.19. The van der Waals surface area contributed by atoms with Crippen molar-refractivity contribution >= 4 is 0 Å². The lowest BCUT2D eigenvalue weighted by molar-refractivity contribution is 1.19. The first kappa shape index (κ1) is 7.77. The van der Waals surface area contributed by atoms with Gasteiger partial charge in [-0.05, 0) is 19.1 Å². The number of aromatic nitrogens is 1. The zero-order valence-electron chi connectivity index (χ0n) is 6.46. The Morgan fingerprint density at radius 1 is 1.55 bits per heavy atom. The molecule has 1 aromatic rings. The summed E-state index contributed by atoms with van der Waals surface area (Å²) < 4.78 is 0. The number of pyridine rings is 1. The average molecular weight is 146 g/mol. The molecular formula is C9H10N2. The van der Waals surface area contributed by atoms with Gasteiger partial charge in [0.25, 0.3) is 0 Å². The summed E-state index contributed by atoms with van der Waals surface area (Å²) in [4.78, 5) is 4.09. The summed E-state index contributed by atoms with van der Waals surface area (Å²) in [6.07, 6.45) is 1.75. The Labute approximate surface area is 66.4 Å². The van der Waals surface area contributed by atoms with Crippen molar-refractivity contribution in [2.75, 3.05) is 6.54 Å². The molecule has 0 saturated heterocycles. The maximum atomic E-state index is 5.21. The third-order valence-corrected chi connectivity index (χ3v) is 1.25. The van der Waals surface area contributed by atoms with Crippen molar-refractivity contribution in [2.24, 2.45) is 5.73 Å². The van der Waals surface area contributed by atoms with Gasteiger partial charge < -0.3 is 5.73 Å². The summed E-state index contributed by atoms with van der Waals surface area (Å²) in [7, 11) is 0. The number of nitrogens with zero attached hydrogens (tertiary/aromatic N) is 1. The van der Waals surface area contributed by atoms with Gasteiger partial charge in [0.1, 0.15) is 0 Å². The Morgan fingerprint density at radius 3 is 2.91 bits per heavy atom. The third kappa shape index (κ3) is 2.40. The molecule has 0 aliphatic heterocycles. The predicted octanol–water partition coefficient (Wildman–Crippen LogP) is 0.700. The second kappa shape index (κ2) is 3.75. The van der Waals surface area contributed by atoms with Gasteiger partial charge in [-0.3, -0.25) is 4.98 Å². The van der Waals surface area contributed by atoms with Crippen molar-refractivity contribution < 1.29 is 0 Å². The molecule has 0 bridgehead atoms. The molecule has 56 valence electrons. The molecule has 11 heavy (non-hydrogen) atoms. The molecule has 0 radical (unpaired) electrons. The predicted molar refractivity (Wildman–Crippen MR) is 44.9 cm³/mol. The maximum absolute atomic E-state index is 5.21. The van der Waals surface area contributed by atoms with Gasteiger partial charge in [-0.15, -0.1) is 0 Å². The van der Waals surface area contributed by atoms with E-state index in [1.54, 1.807) is 6.20 Å². The van der Waals surface area contributed by atoms with Crippen LogP contribution in [-0.4, -0.2) is 11.5 Å². The molecule has 0 saturated carbocycles. The molecule has 1 rings (SSSR count). The fraction of sp³-hybridized carbons (Fsp3) is 0.222. The first-order valence-electron chi connectivity index (χ1n) is 3.44. The molecule has 0 amide bonds. The summed E-state index contributed by atoms with van der Waals surface area (Å²) in [6, 6.07) is 3.87. The van der Waals surface area contributed by atoms with E-state index in [2.05, 4.69) is 16.8 Å². The molecule has 0 aliphatic carbocycles. The van der Waals surface area contributed by atoms with Crippen LogP contribution in [0.5, 0.6) is 0 Å². The van der Waals surface area contributed by atoms with E-state index in [0.29, 0.717) is 6.54 Å². The van der Waals surface area contributed by atoms with Crippen LogP contribution in [0.4, 0.5) is 0 Å². The van der Waals surface area contributed by atoms with E-state index in [4.69, 9.17) is 5.73 Å². The Morgan fingerprint density at radius 2 is 2.36 bits per heavy atom. The van der Waals surface area contributed by atoms with E-state index in [-0.39, 0.29) is 0 Å². The van der Waals surface area contributed by atoms with Gasteiger partial charge in [-0.1, -0.05) is 11.8 Å². The zero-order valence-corrected chi connectivity index (χ0v) is 6.46. The molecule has 0 fully saturated rings. The monoisotopic (exact) mass is 146 g/mol. The van der Waals surface area contributed by atoms with E-state index in [1.807, 2.05) is 19.1 Å². The summed E-state index contributed by atoms with van der Waals surface area (Å²) in [5.41, 5.74) is 7.13. The fourth-order valence-corrected chi connectivity index (χ4v) is 0.695. The molecule has 2 nitrogen and oxygen atoms in total. The van der Waals surface area contributed by atoms with Gasteiger partial charge in [0.05, 0.1) is 6.54 Å². The van der Waals surface area contributed by atoms with E-state index < -0.39 is 0 Å². The zero-order chi connectivity index (χ0) is 8.10. The first-order valence-corrected chi connectivity index (χ1v) is 3.44. The van der Waals surface area contributed by atoms with Crippen molar-refractivity contribution in [1.29, 1.82) is 0 Å². The highest BCUT2D eigenvalue weighted by Gasteiger charge is 1.85. The highest BCUT2D eigenvalue weighted by molar-refractivity contribution is 5.32. The second-order valence-corrected chi connectivity index (χ2v) is 2.19. The minimum absolute atomic E-state index is 0.397. The van der Waals surface area contributed by atoms with Gasteiger partial charge in [-0.25, -0.2) is 0 Å². The van der Waals surface area contributed by atoms with Crippen LogP contribution >= 0.6 is 0 Å². The number of aryl methyl sites for hydroxylation is 1. The molecule has 2 heteroatoms.